The van der Waals surface area contributed by atoms with Gasteiger partial charge < -0.3 is 12.9 Å². The lowest BCUT2D eigenvalue weighted by Gasteiger charge is -2.00. The van der Waals surface area contributed by atoms with Crippen molar-refractivity contribution >= 4 is 31.1 Å². The lowest BCUT2D eigenvalue weighted by Crippen LogP contribution is -1.83. The van der Waals surface area contributed by atoms with Crippen molar-refractivity contribution in [3.8, 4) is 0 Å². The molecular formula is C10H20BrFMg. The van der Waals surface area contributed by atoms with Crippen LogP contribution in [0.2, 0.25) is 4.55 Å². The number of unbranched alkanes of at least 4 members (excludes halogenated alkanes) is 7. The maximum Gasteiger partial charge on any atom is 0.468 e. The molecule has 3 heteroatoms. The van der Waals surface area contributed by atoms with Gasteiger partial charge in [-0.15, -0.1) is 4.55 Å². The molecule has 0 N–H and O–H groups in total. The van der Waals surface area contributed by atoms with E-state index in [1.165, 1.54) is 43.1 Å². The van der Waals surface area contributed by atoms with Gasteiger partial charge in [-0.25, -0.2) is 0 Å². The van der Waals surface area contributed by atoms with Gasteiger partial charge in [-0.1, -0.05) is 44.9 Å². The third-order valence-corrected chi connectivity index (χ3v) is 4.72. The number of hydrogen-bond acceptors (Lipinski definition) is 0. The molecule has 0 radical (unpaired) electrons. The minimum atomic E-state index is -0.129. The molecule has 0 nitrogen and oxygen atoms in total. The highest BCUT2D eigenvalue weighted by atomic mass is 79.9. The van der Waals surface area contributed by atoms with Crippen LogP contribution < -0.4 is 0 Å². The van der Waals surface area contributed by atoms with E-state index in [0.29, 0.717) is 0 Å². The number of hydrogen-bond donors (Lipinski definition) is 0. The average Bonchev–Trinajstić information content (AvgIpc) is 2.16. The molecule has 0 atom stereocenters. The van der Waals surface area contributed by atoms with E-state index in [4.69, 9.17) is 0 Å². The molecule has 0 aromatic carbocycles. The average molecular weight is 263 g/mol. The molecule has 0 bridgehead atoms. The maximum absolute atomic E-state index is 11.7. The highest BCUT2D eigenvalue weighted by Gasteiger charge is 1.93. The van der Waals surface area contributed by atoms with Crippen LogP contribution in [0.3, 0.4) is 0 Å². The Hall–Kier alpha value is 1.18. The first-order chi connectivity index (χ1) is 6.41. The molecule has 0 unspecified atom stereocenters. The van der Waals surface area contributed by atoms with E-state index in [1.807, 2.05) is 0 Å². The van der Waals surface area contributed by atoms with Gasteiger partial charge in [0.25, 0.3) is 0 Å². The molecule has 0 fully saturated rings. The summed E-state index contributed by atoms with van der Waals surface area (Å²) in [5.41, 5.74) is 0. The fourth-order valence-electron chi connectivity index (χ4n) is 1.43. The van der Waals surface area contributed by atoms with Gasteiger partial charge >= 0.3 is 18.2 Å². The third-order valence-electron chi connectivity index (χ3n) is 2.27. The fraction of sp³-hybridized carbons (Fsp3) is 1.00. The molecule has 0 aromatic rings. The predicted octanol–water partition coefficient (Wildman–Crippen LogP) is 4.51. The van der Waals surface area contributed by atoms with Crippen LogP contribution in [0.5, 0.6) is 0 Å². The van der Waals surface area contributed by atoms with Crippen LogP contribution in [0, 0.1) is 0 Å². The fourth-order valence-corrected chi connectivity index (χ4v) is 3.16. The molecular weight excluding hydrogens is 243 g/mol. The van der Waals surface area contributed by atoms with Crippen molar-refractivity contribution in [3.63, 3.8) is 0 Å². The monoisotopic (exact) mass is 262 g/mol. The zero-order valence-corrected chi connectivity index (χ0v) is 11.5. The Kier molecular flexibility index (Phi) is 14.4. The summed E-state index contributed by atoms with van der Waals surface area (Å²) in [5, 5.41) is 0. The molecule has 0 amide bonds. The van der Waals surface area contributed by atoms with Gasteiger partial charge in [0.2, 0.25) is 0 Å². The van der Waals surface area contributed by atoms with Crippen molar-refractivity contribution in [2.24, 2.45) is 0 Å². The first kappa shape index (κ1) is 14.2. The summed E-state index contributed by atoms with van der Waals surface area (Å²) in [7, 11) is 0. The maximum atomic E-state index is 11.7. The van der Waals surface area contributed by atoms with E-state index in [0.717, 1.165) is 12.8 Å². The quantitative estimate of drug-likeness (QED) is 0.402. The molecule has 13 heavy (non-hydrogen) atoms. The third kappa shape index (κ3) is 13.2. The van der Waals surface area contributed by atoms with E-state index in [9.17, 15) is 4.39 Å². The Morgan fingerprint density at radius 2 is 1.23 bits per heavy atom. The predicted molar refractivity (Wildman–Crippen MR) is 62.4 cm³/mol. The summed E-state index contributed by atoms with van der Waals surface area (Å²) in [6.07, 6.45) is 9.97. The number of rotatable bonds is 10. The molecule has 0 aliphatic heterocycles. The van der Waals surface area contributed by atoms with E-state index in [1.54, 1.807) is 0 Å². The molecule has 76 valence electrons. The minimum Gasteiger partial charge on any atom is -0.307 e. The summed E-state index contributed by atoms with van der Waals surface area (Å²) in [6.45, 7) is -0.129. The highest BCUT2D eigenvalue weighted by molar-refractivity contribution is 9.23. The van der Waals surface area contributed by atoms with Crippen molar-refractivity contribution in [1.29, 1.82) is 0 Å². The Morgan fingerprint density at radius 1 is 0.769 bits per heavy atom. The van der Waals surface area contributed by atoms with Crippen molar-refractivity contribution in [2.45, 2.75) is 55.9 Å². The molecule has 0 saturated carbocycles. The van der Waals surface area contributed by atoms with Crippen LogP contribution in [-0.2, 0) is 0 Å². The molecule has 0 saturated heterocycles. The van der Waals surface area contributed by atoms with Crippen LogP contribution >= 0.6 is 12.9 Å². The summed E-state index contributed by atoms with van der Waals surface area (Å²) in [4.78, 5) is 0. The van der Waals surface area contributed by atoms with Crippen molar-refractivity contribution < 1.29 is 4.39 Å². The summed E-state index contributed by atoms with van der Waals surface area (Å²) < 4.78 is 13.2. The van der Waals surface area contributed by atoms with Gasteiger partial charge in [0.1, 0.15) is 0 Å². The second-order valence-corrected chi connectivity index (χ2v) is 7.02. The SMILES string of the molecule is FCCCCCCCCC[CH2][Mg][Br]. The van der Waals surface area contributed by atoms with Gasteiger partial charge in [-0.05, 0) is 6.42 Å². The minimum absolute atomic E-state index is 0.129. The second kappa shape index (κ2) is 13.2. The Bertz CT molecular complexity index is 81.0. The number of halogens is 2. The van der Waals surface area contributed by atoms with Crippen LogP contribution in [0.1, 0.15) is 51.4 Å². The normalized spacial score (nSPS) is 10.0. The van der Waals surface area contributed by atoms with Gasteiger partial charge in [-0.3, -0.25) is 4.39 Å². The van der Waals surface area contributed by atoms with Crippen molar-refractivity contribution in [1.82, 2.24) is 0 Å². The second-order valence-electron chi connectivity index (χ2n) is 3.56. The zero-order chi connectivity index (χ0) is 9.78. The van der Waals surface area contributed by atoms with Crippen LogP contribution in [0.25, 0.3) is 0 Å². The Labute approximate surface area is 97.6 Å². The Balaban J connectivity index is 2.76. The Morgan fingerprint density at radius 3 is 1.69 bits per heavy atom. The topological polar surface area (TPSA) is 0 Å². The summed E-state index contributed by atoms with van der Waals surface area (Å²) in [6, 6.07) is 0. The molecule has 0 heterocycles. The van der Waals surface area contributed by atoms with Crippen molar-refractivity contribution in [2.75, 3.05) is 6.67 Å². The smallest absolute Gasteiger partial charge is 0.307 e. The summed E-state index contributed by atoms with van der Waals surface area (Å²) >= 11 is 3.70. The van der Waals surface area contributed by atoms with Crippen LogP contribution in [-0.4, -0.2) is 24.9 Å². The lowest BCUT2D eigenvalue weighted by molar-refractivity contribution is 0.449. The highest BCUT2D eigenvalue weighted by Crippen LogP contribution is 2.10. The molecule has 0 aromatic heterocycles. The van der Waals surface area contributed by atoms with Gasteiger partial charge in [0, 0.05) is 0 Å². The zero-order valence-electron chi connectivity index (χ0n) is 8.53. The van der Waals surface area contributed by atoms with Crippen molar-refractivity contribution in [3.05, 3.63) is 0 Å². The van der Waals surface area contributed by atoms with Gasteiger partial charge in [0.05, 0.1) is 6.67 Å². The number of alkyl halides is 1. The molecule has 0 aliphatic carbocycles. The van der Waals surface area contributed by atoms with Crippen LogP contribution in [0.4, 0.5) is 4.39 Å². The van der Waals surface area contributed by atoms with E-state index in [2.05, 4.69) is 12.9 Å². The van der Waals surface area contributed by atoms with E-state index in [-0.39, 0.29) is 24.9 Å². The van der Waals surface area contributed by atoms with E-state index < -0.39 is 0 Å². The summed E-state index contributed by atoms with van der Waals surface area (Å²) in [5.74, 6) is 0. The van der Waals surface area contributed by atoms with Gasteiger partial charge in [0.15, 0.2) is 0 Å². The standard InChI is InChI=1S/C10H20F.BrH.Mg/c1-2-3-4-5-6-7-8-9-10-11;;/h1-10H2;1H;/q;;+1/p-1. The first-order valence-electron chi connectivity index (χ1n) is 5.53. The van der Waals surface area contributed by atoms with E-state index >= 15 is 0 Å². The van der Waals surface area contributed by atoms with Gasteiger partial charge in [-0.2, -0.15) is 0 Å². The molecule has 0 rings (SSSR count). The lowest BCUT2D eigenvalue weighted by atomic mass is 10.1. The molecule has 0 aliphatic rings. The van der Waals surface area contributed by atoms with Crippen LogP contribution in [0.15, 0.2) is 0 Å². The first-order valence-corrected chi connectivity index (χ1v) is 10.4. The molecule has 0 spiro atoms. The largest absolute Gasteiger partial charge is 0.468 e.